The van der Waals surface area contributed by atoms with Crippen LogP contribution in [0.15, 0.2) is 0 Å². The van der Waals surface area contributed by atoms with Crippen LogP contribution in [0, 0.1) is 0 Å². The summed E-state index contributed by atoms with van der Waals surface area (Å²) < 4.78 is 37.7. The van der Waals surface area contributed by atoms with Gasteiger partial charge < -0.3 is 4.74 Å². The summed E-state index contributed by atoms with van der Waals surface area (Å²) in [6.07, 6.45) is -7.28. The molecule has 0 aromatic carbocycles. The van der Waals surface area contributed by atoms with Crippen molar-refractivity contribution < 1.29 is 23.0 Å². The van der Waals surface area contributed by atoms with Crippen LogP contribution in [-0.2, 0) is 9.84 Å². The highest BCUT2D eigenvalue weighted by Crippen LogP contribution is 2.20. The van der Waals surface area contributed by atoms with Crippen molar-refractivity contribution in [3.05, 3.63) is 0 Å². The topological polar surface area (TPSA) is 29.1 Å². The van der Waals surface area contributed by atoms with Crippen molar-refractivity contribution in [3.8, 4) is 0 Å². The largest absolute Gasteiger partial charge is 0.420 e. The van der Waals surface area contributed by atoms with Gasteiger partial charge in [-0.05, 0) is 0 Å². The number of hydrogen-bond donors (Lipinski definition) is 0. The molecule has 0 saturated heterocycles. The summed E-state index contributed by atoms with van der Waals surface area (Å²) >= 11 is 0. The molecule has 1 unspecified atom stereocenters. The molecule has 1 radical (unpaired) electrons. The maximum atomic E-state index is 11.2. The molecule has 9 heavy (non-hydrogen) atoms. The van der Waals surface area contributed by atoms with Crippen LogP contribution in [0.4, 0.5) is 13.2 Å². The van der Waals surface area contributed by atoms with Crippen LogP contribution in [-0.4, -0.2) is 26.0 Å². The molecular formula is C4H6F3O2. The average Bonchev–Trinajstić information content (AvgIpc) is 1.64. The number of hydrogen-bond acceptors (Lipinski definition) is 1. The minimum Gasteiger partial charge on any atom is -0.381 e. The molecule has 0 saturated carbocycles. The highest BCUT2D eigenvalue weighted by Gasteiger charge is 2.39. The van der Waals surface area contributed by atoms with Crippen molar-refractivity contribution >= 4 is 0 Å². The van der Waals surface area contributed by atoms with Crippen molar-refractivity contribution in [1.82, 2.24) is 0 Å². The smallest absolute Gasteiger partial charge is 0.381 e. The maximum absolute atomic E-state index is 11.2. The van der Waals surface area contributed by atoms with Crippen LogP contribution < -0.4 is 0 Å². The zero-order valence-corrected chi connectivity index (χ0v) is 4.73. The van der Waals surface area contributed by atoms with Gasteiger partial charge in [-0.1, -0.05) is 0 Å². The second kappa shape index (κ2) is 3.03. The SMILES string of the molecule is COCC([O])C(F)(F)F. The van der Waals surface area contributed by atoms with E-state index in [1.165, 1.54) is 0 Å². The summed E-state index contributed by atoms with van der Waals surface area (Å²) in [5, 5.41) is 9.90. The fourth-order valence-electron chi connectivity index (χ4n) is 0.246. The number of rotatable bonds is 2. The predicted molar refractivity (Wildman–Crippen MR) is 22.4 cm³/mol. The molecule has 0 amide bonds. The van der Waals surface area contributed by atoms with Gasteiger partial charge in [-0.3, -0.25) is 0 Å². The molecule has 0 spiro atoms. The van der Waals surface area contributed by atoms with Crippen molar-refractivity contribution in [1.29, 1.82) is 0 Å². The predicted octanol–water partition coefficient (Wildman–Crippen LogP) is 0.994. The molecule has 0 aliphatic carbocycles. The molecule has 2 nitrogen and oxygen atoms in total. The minimum absolute atomic E-state index is 0.816. The molecule has 5 heteroatoms. The Kier molecular flexibility index (Phi) is 2.93. The zero-order chi connectivity index (χ0) is 7.49. The Morgan fingerprint density at radius 1 is 1.56 bits per heavy atom. The Bertz CT molecular complexity index is 80.4. The number of alkyl halides is 3. The fourth-order valence-corrected chi connectivity index (χ4v) is 0.246. The fraction of sp³-hybridized carbons (Fsp3) is 1.00. The molecular weight excluding hydrogens is 137 g/mol. The number of halogens is 3. The van der Waals surface area contributed by atoms with E-state index >= 15 is 0 Å². The Morgan fingerprint density at radius 2 is 2.00 bits per heavy atom. The molecule has 55 valence electrons. The lowest BCUT2D eigenvalue weighted by molar-refractivity contribution is -0.233. The molecule has 0 rings (SSSR count). The van der Waals surface area contributed by atoms with Crippen molar-refractivity contribution in [3.63, 3.8) is 0 Å². The van der Waals surface area contributed by atoms with Gasteiger partial charge >= 0.3 is 6.18 Å². The third-order valence-electron chi connectivity index (χ3n) is 0.683. The Balaban J connectivity index is 3.59. The normalized spacial score (nSPS) is 15.7. The first kappa shape index (κ1) is 8.71. The quantitative estimate of drug-likeness (QED) is 0.566. The van der Waals surface area contributed by atoms with Gasteiger partial charge in [0.25, 0.3) is 0 Å². The molecule has 0 heterocycles. The van der Waals surface area contributed by atoms with Gasteiger partial charge in [-0.2, -0.15) is 13.2 Å². The van der Waals surface area contributed by atoms with Crippen LogP contribution in [0.5, 0.6) is 0 Å². The van der Waals surface area contributed by atoms with E-state index in [1.807, 2.05) is 0 Å². The summed E-state index contributed by atoms with van der Waals surface area (Å²) in [5.41, 5.74) is 0. The Hall–Kier alpha value is -0.290. The van der Waals surface area contributed by atoms with E-state index in [0.29, 0.717) is 0 Å². The van der Waals surface area contributed by atoms with E-state index in [2.05, 4.69) is 4.74 Å². The van der Waals surface area contributed by atoms with E-state index in [1.54, 1.807) is 0 Å². The third kappa shape index (κ3) is 3.31. The highest BCUT2D eigenvalue weighted by molar-refractivity contribution is 4.62. The molecule has 1 atom stereocenters. The second-order valence-corrected chi connectivity index (χ2v) is 1.49. The van der Waals surface area contributed by atoms with Crippen LogP contribution in [0.25, 0.3) is 0 Å². The summed E-state index contributed by atoms with van der Waals surface area (Å²) in [5.74, 6) is 0. The highest BCUT2D eigenvalue weighted by atomic mass is 19.4. The lowest BCUT2D eigenvalue weighted by Crippen LogP contribution is -2.31. The number of methoxy groups -OCH3 is 1. The van der Waals surface area contributed by atoms with Crippen molar-refractivity contribution in [2.75, 3.05) is 13.7 Å². The van der Waals surface area contributed by atoms with Crippen molar-refractivity contribution in [2.24, 2.45) is 0 Å². The van der Waals surface area contributed by atoms with Gasteiger partial charge in [0.1, 0.15) is 0 Å². The average molecular weight is 143 g/mol. The minimum atomic E-state index is -4.67. The molecule has 0 fully saturated rings. The molecule has 0 bridgehead atoms. The van der Waals surface area contributed by atoms with E-state index < -0.39 is 18.9 Å². The lowest BCUT2D eigenvalue weighted by Gasteiger charge is -2.09. The zero-order valence-electron chi connectivity index (χ0n) is 4.73. The summed E-state index contributed by atoms with van der Waals surface area (Å²) in [6, 6.07) is 0. The van der Waals surface area contributed by atoms with E-state index in [4.69, 9.17) is 0 Å². The molecule has 0 aromatic heterocycles. The Labute approximate surface area is 50.2 Å². The van der Waals surface area contributed by atoms with Crippen molar-refractivity contribution in [2.45, 2.75) is 12.3 Å². The molecule has 0 aliphatic heterocycles. The second-order valence-electron chi connectivity index (χ2n) is 1.49. The van der Waals surface area contributed by atoms with E-state index in [0.717, 1.165) is 7.11 Å². The summed E-state index contributed by atoms with van der Waals surface area (Å²) in [4.78, 5) is 0. The molecule has 0 aromatic rings. The lowest BCUT2D eigenvalue weighted by atomic mass is 10.4. The molecule has 0 N–H and O–H groups in total. The van der Waals surface area contributed by atoms with Crippen LogP contribution >= 0.6 is 0 Å². The van der Waals surface area contributed by atoms with Gasteiger partial charge in [-0.25, -0.2) is 5.11 Å². The van der Waals surface area contributed by atoms with Crippen LogP contribution in [0.1, 0.15) is 0 Å². The molecule has 0 aliphatic rings. The first-order chi connectivity index (χ1) is 3.98. The standard InChI is InChI=1S/C4H6F3O2/c1-9-2-3(8)4(5,6)7/h3H,2H2,1H3. The van der Waals surface area contributed by atoms with E-state index in [9.17, 15) is 18.3 Å². The van der Waals surface area contributed by atoms with Crippen LogP contribution in [0.3, 0.4) is 0 Å². The third-order valence-corrected chi connectivity index (χ3v) is 0.683. The number of ether oxygens (including phenoxy) is 1. The van der Waals surface area contributed by atoms with Gasteiger partial charge in [-0.15, -0.1) is 0 Å². The van der Waals surface area contributed by atoms with E-state index in [-0.39, 0.29) is 0 Å². The monoisotopic (exact) mass is 143 g/mol. The Morgan fingerprint density at radius 3 is 2.11 bits per heavy atom. The summed E-state index contributed by atoms with van der Waals surface area (Å²) in [7, 11) is 1.05. The first-order valence-electron chi connectivity index (χ1n) is 2.20. The van der Waals surface area contributed by atoms with Gasteiger partial charge in [0.2, 0.25) is 6.10 Å². The maximum Gasteiger partial charge on any atom is 0.420 e. The summed E-state index contributed by atoms with van der Waals surface area (Å²) in [6.45, 7) is -0.816. The van der Waals surface area contributed by atoms with Gasteiger partial charge in [0, 0.05) is 7.11 Å². The first-order valence-corrected chi connectivity index (χ1v) is 2.20. The van der Waals surface area contributed by atoms with Crippen LogP contribution in [0.2, 0.25) is 0 Å². The van der Waals surface area contributed by atoms with Gasteiger partial charge in [0.05, 0.1) is 6.61 Å². The van der Waals surface area contributed by atoms with Gasteiger partial charge in [0.15, 0.2) is 0 Å².